The molecule has 0 radical (unpaired) electrons. The van der Waals surface area contributed by atoms with Gasteiger partial charge < -0.3 is 25.8 Å². The number of hydrogen-bond donors (Lipinski definition) is 2. The predicted molar refractivity (Wildman–Crippen MR) is 114 cm³/mol. The van der Waals surface area contributed by atoms with Gasteiger partial charge >= 0.3 is 0 Å². The molecule has 4 N–H and O–H groups in total. The van der Waals surface area contributed by atoms with E-state index in [0.29, 0.717) is 24.1 Å². The summed E-state index contributed by atoms with van der Waals surface area (Å²) in [7, 11) is 1.63. The lowest BCUT2D eigenvalue weighted by molar-refractivity contribution is 0.258. The Labute approximate surface area is 175 Å². The van der Waals surface area contributed by atoms with Crippen LogP contribution in [0.3, 0.4) is 0 Å². The monoisotopic (exact) mass is 423 g/mol. The van der Waals surface area contributed by atoms with Crippen molar-refractivity contribution in [1.82, 2.24) is 4.90 Å². The van der Waals surface area contributed by atoms with Crippen LogP contribution in [0.25, 0.3) is 0 Å². The number of guanidine groups is 2. The smallest absolute Gasteiger partial charge is 0.220 e. The second-order valence-electron chi connectivity index (χ2n) is 5.95. The first-order valence-corrected chi connectivity index (χ1v) is 8.91. The lowest BCUT2D eigenvalue weighted by Crippen LogP contribution is -2.44. The molecule has 9 heteroatoms. The van der Waals surface area contributed by atoms with Crippen LogP contribution < -0.4 is 20.9 Å². The van der Waals surface area contributed by atoms with E-state index in [-0.39, 0.29) is 24.5 Å². The van der Waals surface area contributed by atoms with Crippen molar-refractivity contribution in [2.45, 2.75) is 12.6 Å². The number of nitrogens with two attached hydrogens (primary N) is 2. The summed E-state index contributed by atoms with van der Waals surface area (Å²) in [5.41, 5.74) is 12.9. The fraction of sp³-hybridized carbons (Fsp3) is 0.263. The van der Waals surface area contributed by atoms with Gasteiger partial charge in [-0.25, -0.2) is 4.99 Å². The van der Waals surface area contributed by atoms with Gasteiger partial charge in [-0.3, -0.25) is 0 Å². The minimum atomic E-state index is -0.330. The Bertz CT molecular complexity index is 825. The van der Waals surface area contributed by atoms with Crippen LogP contribution in [0.5, 0.6) is 11.5 Å². The Balaban J connectivity index is 0.00000280. The standard InChI is InChI=1S/C19H22ClN5O2.ClH/c1-26-15-7-3-13(4-8-15)17-23-18(21)24-19(22)25(17)11-2-12-27-16-9-5-14(20)6-10-16;/h3-10,17H,2,11-12H2,1H3,(H4,21,22,23,24);1H. The van der Waals surface area contributed by atoms with Crippen LogP contribution >= 0.6 is 24.0 Å². The van der Waals surface area contributed by atoms with Crippen LogP contribution in [0.1, 0.15) is 18.2 Å². The van der Waals surface area contributed by atoms with Crippen LogP contribution in [0.15, 0.2) is 58.5 Å². The van der Waals surface area contributed by atoms with Crippen molar-refractivity contribution in [3.05, 3.63) is 59.1 Å². The zero-order chi connectivity index (χ0) is 19.2. The van der Waals surface area contributed by atoms with E-state index in [1.54, 1.807) is 19.2 Å². The molecule has 28 heavy (non-hydrogen) atoms. The van der Waals surface area contributed by atoms with Crippen LogP contribution in [0.2, 0.25) is 5.02 Å². The maximum atomic E-state index is 6.10. The van der Waals surface area contributed by atoms with Crippen molar-refractivity contribution in [1.29, 1.82) is 0 Å². The zero-order valence-corrected chi connectivity index (χ0v) is 17.0. The van der Waals surface area contributed by atoms with Crippen molar-refractivity contribution < 1.29 is 9.47 Å². The molecule has 0 saturated heterocycles. The summed E-state index contributed by atoms with van der Waals surface area (Å²) >= 11 is 5.88. The first kappa shape index (κ1) is 21.7. The number of benzene rings is 2. The normalized spacial score (nSPS) is 15.9. The summed E-state index contributed by atoms with van der Waals surface area (Å²) in [5, 5.41) is 0.678. The number of nitrogens with zero attached hydrogens (tertiary/aromatic N) is 3. The third kappa shape index (κ3) is 5.43. The zero-order valence-electron chi connectivity index (χ0n) is 15.4. The van der Waals surface area contributed by atoms with Gasteiger partial charge in [-0.05, 0) is 48.4 Å². The van der Waals surface area contributed by atoms with E-state index in [2.05, 4.69) is 9.98 Å². The molecule has 1 atom stereocenters. The Morgan fingerprint density at radius 2 is 1.68 bits per heavy atom. The summed E-state index contributed by atoms with van der Waals surface area (Å²) in [6.45, 7) is 1.15. The molecule has 0 bridgehead atoms. The number of rotatable bonds is 7. The third-order valence-corrected chi connectivity index (χ3v) is 4.36. The van der Waals surface area contributed by atoms with Gasteiger partial charge in [0.1, 0.15) is 11.5 Å². The van der Waals surface area contributed by atoms with E-state index in [4.69, 9.17) is 32.5 Å². The molecule has 2 aromatic rings. The first-order valence-electron chi connectivity index (χ1n) is 8.53. The third-order valence-electron chi connectivity index (χ3n) is 4.11. The molecule has 7 nitrogen and oxygen atoms in total. The van der Waals surface area contributed by atoms with Gasteiger partial charge in [-0.2, -0.15) is 4.99 Å². The van der Waals surface area contributed by atoms with Crippen LogP contribution in [0.4, 0.5) is 0 Å². The van der Waals surface area contributed by atoms with E-state index >= 15 is 0 Å². The molecule has 1 aliphatic heterocycles. The molecule has 3 rings (SSSR count). The van der Waals surface area contributed by atoms with Gasteiger partial charge in [-0.15, -0.1) is 12.4 Å². The maximum absolute atomic E-state index is 6.10. The SMILES string of the molecule is COc1ccc(C2N=C(N)N=C(N)N2CCCOc2ccc(Cl)cc2)cc1.Cl. The second kappa shape index (κ2) is 10.1. The second-order valence-corrected chi connectivity index (χ2v) is 6.39. The van der Waals surface area contributed by atoms with E-state index < -0.39 is 0 Å². The Hall–Kier alpha value is -2.64. The summed E-state index contributed by atoms with van der Waals surface area (Å²) in [5.74, 6) is 2.06. The molecule has 1 heterocycles. The van der Waals surface area contributed by atoms with E-state index in [0.717, 1.165) is 23.5 Å². The molecule has 150 valence electrons. The summed E-state index contributed by atoms with van der Waals surface area (Å²) in [6.07, 6.45) is 0.407. The molecule has 0 amide bonds. The largest absolute Gasteiger partial charge is 0.497 e. The number of aliphatic imine (C=N–C) groups is 2. The minimum Gasteiger partial charge on any atom is -0.497 e. The Morgan fingerprint density at radius 3 is 2.32 bits per heavy atom. The highest BCUT2D eigenvalue weighted by atomic mass is 35.5. The lowest BCUT2D eigenvalue weighted by Gasteiger charge is -2.32. The summed E-state index contributed by atoms with van der Waals surface area (Å²) in [4.78, 5) is 10.4. The molecule has 0 aliphatic carbocycles. The molecular formula is C19H23Cl2N5O2. The van der Waals surface area contributed by atoms with Gasteiger partial charge in [0.2, 0.25) is 11.9 Å². The highest BCUT2D eigenvalue weighted by molar-refractivity contribution is 6.30. The summed E-state index contributed by atoms with van der Waals surface area (Å²) in [6, 6.07) is 14.9. The molecule has 0 saturated carbocycles. The fourth-order valence-corrected chi connectivity index (χ4v) is 2.88. The van der Waals surface area contributed by atoms with Gasteiger partial charge in [0, 0.05) is 11.6 Å². The maximum Gasteiger partial charge on any atom is 0.220 e. The number of ether oxygens (including phenoxy) is 2. The highest BCUT2D eigenvalue weighted by Crippen LogP contribution is 2.26. The van der Waals surface area contributed by atoms with Gasteiger partial charge in [0.05, 0.1) is 13.7 Å². The van der Waals surface area contributed by atoms with Crippen molar-refractivity contribution in [3.8, 4) is 11.5 Å². The van der Waals surface area contributed by atoms with Crippen LogP contribution in [0, 0.1) is 0 Å². The van der Waals surface area contributed by atoms with Crippen LogP contribution in [-0.4, -0.2) is 37.1 Å². The average Bonchev–Trinajstić information content (AvgIpc) is 2.67. The van der Waals surface area contributed by atoms with Crippen molar-refractivity contribution in [2.75, 3.05) is 20.3 Å². The van der Waals surface area contributed by atoms with E-state index in [9.17, 15) is 0 Å². The van der Waals surface area contributed by atoms with Gasteiger partial charge in [0.15, 0.2) is 6.17 Å². The van der Waals surface area contributed by atoms with Crippen molar-refractivity contribution in [2.24, 2.45) is 21.5 Å². The quantitative estimate of drug-likeness (QED) is 0.666. The highest BCUT2D eigenvalue weighted by Gasteiger charge is 2.25. The summed E-state index contributed by atoms with van der Waals surface area (Å²) < 4.78 is 10.9. The number of halogens is 2. The Kier molecular flexibility index (Phi) is 7.78. The lowest BCUT2D eigenvalue weighted by atomic mass is 10.1. The molecule has 2 aromatic carbocycles. The van der Waals surface area contributed by atoms with Crippen molar-refractivity contribution in [3.63, 3.8) is 0 Å². The molecule has 0 fully saturated rings. The number of hydrogen-bond acceptors (Lipinski definition) is 7. The fourth-order valence-electron chi connectivity index (χ4n) is 2.75. The molecule has 1 aliphatic rings. The minimum absolute atomic E-state index is 0. The van der Waals surface area contributed by atoms with Gasteiger partial charge in [0.25, 0.3) is 0 Å². The number of methoxy groups -OCH3 is 1. The topological polar surface area (TPSA) is 98.5 Å². The van der Waals surface area contributed by atoms with Gasteiger partial charge in [-0.1, -0.05) is 23.7 Å². The predicted octanol–water partition coefficient (Wildman–Crippen LogP) is 3.18. The molecule has 1 unspecified atom stereocenters. The molecule has 0 spiro atoms. The Morgan fingerprint density at radius 1 is 1.04 bits per heavy atom. The first-order chi connectivity index (χ1) is 13.1. The van der Waals surface area contributed by atoms with Crippen molar-refractivity contribution >= 4 is 35.9 Å². The molecular weight excluding hydrogens is 401 g/mol. The van der Waals surface area contributed by atoms with E-state index in [1.807, 2.05) is 41.3 Å². The van der Waals surface area contributed by atoms with E-state index in [1.165, 1.54) is 0 Å². The average molecular weight is 424 g/mol. The molecule has 0 aromatic heterocycles. The van der Waals surface area contributed by atoms with Crippen LogP contribution in [-0.2, 0) is 0 Å².